The van der Waals surface area contributed by atoms with Crippen LogP contribution in [0.25, 0.3) is 0 Å². The average Bonchev–Trinajstić information content (AvgIpc) is 3.25. The molecule has 1 unspecified atom stereocenters. The molecule has 2 aliphatic rings. The third-order valence-corrected chi connectivity index (χ3v) is 8.05. The van der Waals surface area contributed by atoms with Crippen molar-refractivity contribution in [2.75, 3.05) is 19.6 Å². The summed E-state index contributed by atoms with van der Waals surface area (Å²) in [4.78, 5) is 0. The molecule has 2 aromatic carbocycles. The van der Waals surface area contributed by atoms with Gasteiger partial charge in [-0.15, -0.1) is 0 Å². The Labute approximate surface area is 205 Å². The number of hydrogen-bond donors (Lipinski definition) is 1. The van der Waals surface area contributed by atoms with Gasteiger partial charge in [0, 0.05) is 16.0 Å². The van der Waals surface area contributed by atoms with Gasteiger partial charge in [-0.2, -0.15) is 0 Å². The van der Waals surface area contributed by atoms with Crippen molar-refractivity contribution in [2.24, 2.45) is 5.41 Å². The van der Waals surface area contributed by atoms with Crippen molar-refractivity contribution in [2.45, 2.75) is 64.0 Å². The van der Waals surface area contributed by atoms with Gasteiger partial charge in [0.1, 0.15) is 13.1 Å². The van der Waals surface area contributed by atoms with E-state index in [4.69, 9.17) is 11.6 Å². The van der Waals surface area contributed by atoms with Gasteiger partial charge in [0.15, 0.2) is 5.60 Å². The Morgan fingerprint density at radius 2 is 1.56 bits per heavy atom. The topological polar surface area (TPSA) is 20.2 Å². The summed E-state index contributed by atoms with van der Waals surface area (Å²) in [6, 6.07) is 18.3. The molecule has 0 bridgehead atoms. The van der Waals surface area contributed by atoms with Crippen LogP contribution in [0.1, 0.15) is 63.0 Å². The van der Waals surface area contributed by atoms with Crippen LogP contribution in [0.5, 0.6) is 0 Å². The highest BCUT2D eigenvalue weighted by Gasteiger charge is 2.48. The highest BCUT2D eigenvalue weighted by atomic mass is 35.5. The largest absolute Gasteiger partial charge is 1.00 e. The molecule has 2 nitrogen and oxygen atoms in total. The van der Waals surface area contributed by atoms with Crippen LogP contribution < -0.4 is 12.4 Å². The van der Waals surface area contributed by atoms with Gasteiger partial charge in [-0.3, -0.25) is 0 Å². The molecule has 1 saturated carbocycles. The van der Waals surface area contributed by atoms with E-state index >= 15 is 0 Å². The number of benzene rings is 2. The molecule has 32 heavy (non-hydrogen) atoms. The van der Waals surface area contributed by atoms with Gasteiger partial charge in [0.2, 0.25) is 0 Å². The lowest BCUT2D eigenvalue weighted by molar-refractivity contribution is -0.938. The van der Waals surface area contributed by atoms with Crippen LogP contribution in [0.2, 0.25) is 5.02 Å². The Morgan fingerprint density at radius 3 is 2.22 bits per heavy atom. The molecule has 0 radical (unpaired) electrons. The number of rotatable bonds is 5. The first-order chi connectivity index (χ1) is 15.0. The molecule has 2 aromatic rings. The number of hydrogen-bond acceptors (Lipinski definition) is 1. The van der Waals surface area contributed by atoms with E-state index in [1.54, 1.807) is 0 Å². The van der Waals surface area contributed by atoms with Gasteiger partial charge in [-0.05, 0) is 49.7 Å². The molecular formula is C28H35Cl2NO. The number of halogens is 2. The molecule has 4 rings (SSSR count). The Balaban J connectivity index is 0.00000289. The third-order valence-electron chi connectivity index (χ3n) is 7.68. The summed E-state index contributed by atoms with van der Waals surface area (Å²) < 4.78 is 0.943. The summed E-state index contributed by atoms with van der Waals surface area (Å²) in [5.74, 6) is 6.93. The molecule has 1 N–H and O–H groups in total. The van der Waals surface area contributed by atoms with Crippen molar-refractivity contribution < 1.29 is 22.0 Å². The quantitative estimate of drug-likeness (QED) is 0.523. The van der Waals surface area contributed by atoms with Gasteiger partial charge in [0.25, 0.3) is 0 Å². The number of aliphatic hydroxyl groups is 1. The van der Waals surface area contributed by atoms with Crippen LogP contribution in [-0.4, -0.2) is 29.2 Å². The first-order valence-electron chi connectivity index (χ1n) is 11.8. The van der Waals surface area contributed by atoms with Crippen LogP contribution in [0.4, 0.5) is 0 Å². The van der Waals surface area contributed by atoms with E-state index in [0.29, 0.717) is 0 Å². The summed E-state index contributed by atoms with van der Waals surface area (Å²) in [5, 5.41) is 12.8. The number of quaternary nitrogens is 1. The van der Waals surface area contributed by atoms with Gasteiger partial charge in [0.05, 0.1) is 13.1 Å². The van der Waals surface area contributed by atoms with Crippen LogP contribution in [0.15, 0.2) is 54.6 Å². The first-order valence-corrected chi connectivity index (χ1v) is 12.2. The third kappa shape index (κ3) is 5.18. The van der Waals surface area contributed by atoms with E-state index < -0.39 is 5.60 Å². The maximum absolute atomic E-state index is 12.0. The predicted molar refractivity (Wildman–Crippen MR) is 129 cm³/mol. The fraction of sp³-hybridized carbons (Fsp3) is 0.500. The molecule has 4 heteroatoms. The molecule has 1 aliphatic carbocycles. The van der Waals surface area contributed by atoms with Crippen molar-refractivity contribution >= 4 is 11.6 Å². The average molecular weight is 473 g/mol. The van der Waals surface area contributed by atoms with Gasteiger partial charge in [-0.25, -0.2) is 0 Å². The Hall–Kier alpha value is -1.50. The van der Waals surface area contributed by atoms with Crippen molar-refractivity contribution in [1.29, 1.82) is 0 Å². The summed E-state index contributed by atoms with van der Waals surface area (Å²) >= 11 is 6.51. The van der Waals surface area contributed by atoms with E-state index in [0.717, 1.165) is 54.1 Å². The molecule has 1 heterocycles. The Bertz CT molecular complexity index is 937. The lowest BCUT2D eigenvalue weighted by Crippen LogP contribution is -3.00. The first kappa shape index (κ1) is 25.1. The van der Waals surface area contributed by atoms with E-state index in [2.05, 4.69) is 30.9 Å². The van der Waals surface area contributed by atoms with Crippen molar-refractivity contribution in [3.8, 4) is 11.8 Å². The summed E-state index contributed by atoms with van der Waals surface area (Å²) in [5.41, 5.74) is 0.836. The van der Waals surface area contributed by atoms with E-state index in [9.17, 15) is 5.11 Å². The number of piperidine rings is 1. The molecule has 0 spiro atoms. The minimum atomic E-state index is -1.10. The zero-order valence-electron chi connectivity index (χ0n) is 19.1. The lowest BCUT2D eigenvalue weighted by atomic mass is 9.68. The molecule has 1 saturated heterocycles. The maximum Gasteiger partial charge on any atom is 0.156 e. The molecule has 0 amide bonds. The van der Waals surface area contributed by atoms with Crippen molar-refractivity contribution in [1.82, 2.24) is 0 Å². The standard InChI is InChI=1S/C28H35ClNO.ClH/c1-27(17-8-9-18-27)28(31,25-14-4-2-5-15-25)19-12-22-30(20-10-3-11-21-30)23-24-13-6-7-16-26(24)29;/h2,4-7,13-16,31H,3,8-11,17-18,20-23H2,1H3;1H/q+1;/p-1. The predicted octanol–water partition coefficient (Wildman–Crippen LogP) is 3.32. The Kier molecular flexibility index (Phi) is 8.34. The second-order valence-electron chi connectivity index (χ2n) is 9.90. The molecule has 2 fully saturated rings. The fourth-order valence-electron chi connectivity index (χ4n) is 5.65. The number of likely N-dealkylation sites (tertiary alicyclic amines) is 1. The van der Waals surface area contributed by atoms with E-state index in [1.807, 2.05) is 42.5 Å². The molecule has 0 aromatic heterocycles. The molecule has 1 atom stereocenters. The van der Waals surface area contributed by atoms with Gasteiger partial charge < -0.3 is 22.0 Å². The van der Waals surface area contributed by atoms with Crippen molar-refractivity contribution in [3.63, 3.8) is 0 Å². The smallest absolute Gasteiger partial charge is 0.156 e. The van der Waals surface area contributed by atoms with Crippen molar-refractivity contribution in [3.05, 3.63) is 70.7 Å². The second-order valence-corrected chi connectivity index (χ2v) is 10.3. The molecule has 1 aliphatic heterocycles. The lowest BCUT2D eigenvalue weighted by Gasteiger charge is -2.41. The summed E-state index contributed by atoms with van der Waals surface area (Å²) in [7, 11) is 0. The minimum absolute atomic E-state index is 0. The molecular weight excluding hydrogens is 437 g/mol. The van der Waals surface area contributed by atoms with Gasteiger partial charge >= 0.3 is 0 Å². The fourth-order valence-corrected chi connectivity index (χ4v) is 5.84. The van der Waals surface area contributed by atoms with E-state index in [1.165, 1.54) is 37.7 Å². The minimum Gasteiger partial charge on any atom is -1.00 e. The highest BCUT2D eigenvalue weighted by molar-refractivity contribution is 6.31. The van der Waals surface area contributed by atoms with Crippen LogP contribution in [0.3, 0.4) is 0 Å². The Morgan fingerprint density at radius 1 is 0.938 bits per heavy atom. The van der Waals surface area contributed by atoms with Gasteiger partial charge in [-0.1, -0.05) is 85.8 Å². The van der Waals surface area contributed by atoms with Crippen LogP contribution in [-0.2, 0) is 12.1 Å². The van der Waals surface area contributed by atoms with E-state index in [-0.39, 0.29) is 17.8 Å². The SMILES string of the molecule is CC1(C(O)(C#CC[N+]2(Cc3ccccc3Cl)CCCCC2)c2ccccc2)CCCC1.[Cl-]. The highest BCUT2D eigenvalue weighted by Crippen LogP contribution is 2.50. The maximum atomic E-state index is 12.0. The zero-order chi connectivity index (χ0) is 21.8. The summed E-state index contributed by atoms with van der Waals surface area (Å²) in [6.07, 6.45) is 8.13. The summed E-state index contributed by atoms with van der Waals surface area (Å²) in [6.45, 7) is 6.14. The van der Waals surface area contributed by atoms with Crippen LogP contribution >= 0.6 is 11.6 Å². The monoisotopic (exact) mass is 471 g/mol. The number of nitrogens with zero attached hydrogens (tertiary/aromatic N) is 1. The van der Waals surface area contributed by atoms with Crippen LogP contribution in [0, 0.1) is 17.3 Å². The molecule has 172 valence electrons. The second kappa shape index (κ2) is 10.6. The zero-order valence-corrected chi connectivity index (χ0v) is 20.6. The normalized spacial score (nSPS) is 21.0.